The minimum Gasteiger partial charge on any atom is -0.508 e. The lowest BCUT2D eigenvalue weighted by molar-refractivity contribution is -0.154. The van der Waals surface area contributed by atoms with E-state index in [1.807, 2.05) is 25.1 Å². The van der Waals surface area contributed by atoms with Crippen molar-refractivity contribution < 1.29 is 28.9 Å². The fourth-order valence-corrected chi connectivity index (χ4v) is 8.21. The average Bonchev–Trinajstić information content (AvgIpc) is 3.13. The van der Waals surface area contributed by atoms with E-state index in [1.54, 1.807) is 13.0 Å². The second kappa shape index (κ2) is 10.8. The molecule has 7 nitrogen and oxygen atoms in total. The predicted molar refractivity (Wildman–Crippen MR) is 160 cm³/mol. The molecule has 2 N–H and O–H groups in total. The van der Waals surface area contributed by atoms with E-state index in [9.17, 15) is 19.8 Å². The number of esters is 1. The Morgan fingerprint density at radius 1 is 1.07 bits per heavy atom. The first kappa shape index (κ1) is 28.4. The van der Waals surface area contributed by atoms with Gasteiger partial charge in [-0.1, -0.05) is 19.1 Å². The van der Waals surface area contributed by atoms with Crippen LogP contribution in [0.4, 0.5) is 0 Å². The van der Waals surface area contributed by atoms with E-state index in [4.69, 9.17) is 13.9 Å². The molecule has 3 aromatic rings. The highest BCUT2D eigenvalue weighted by Gasteiger charge is 2.56. The van der Waals surface area contributed by atoms with Gasteiger partial charge in [-0.25, -0.2) is 0 Å². The van der Waals surface area contributed by atoms with Crippen molar-refractivity contribution >= 4 is 16.9 Å². The van der Waals surface area contributed by atoms with Crippen molar-refractivity contribution in [2.45, 2.75) is 84.7 Å². The maximum absolute atomic E-state index is 12.0. The van der Waals surface area contributed by atoms with Crippen LogP contribution in [0.5, 0.6) is 17.2 Å². The Balaban J connectivity index is 0.000000153. The third-order valence-corrected chi connectivity index (χ3v) is 10.2. The summed E-state index contributed by atoms with van der Waals surface area (Å²) in [5.41, 5.74) is 4.81. The minimum absolute atomic E-state index is 0.0350. The zero-order chi connectivity index (χ0) is 29.8. The van der Waals surface area contributed by atoms with Crippen LogP contribution in [-0.4, -0.2) is 28.9 Å². The van der Waals surface area contributed by atoms with Crippen LogP contribution >= 0.6 is 0 Å². The number of aryl methyl sites for hydroxylation is 2. The summed E-state index contributed by atoms with van der Waals surface area (Å²) >= 11 is 0. The molecule has 0 saturated heterocycles. The smallest absolute Gasteiger partial charge is 0.302 e. The van der Waals surface area contributed by atoms with Gasteiger partial charge >= 0.3 is 5.97 Å². The molecule has 7 heteroatoms. The number of carbonyl (C=O) groups is 1. The highest BCUT2D eigenvalue weighted by molar-refractivity contribution is 5.87. The van der Waals surface area contributed by atoms with E-state index >= 15 is 0 Å². The highest BCUT2D eigenvalue weighted by Crippen LogP contribution is 2.61. The van der Waals surface area contributed by atoms with E-state index < -0.39 is 0 Å². The Hall–Kier alpha value is -3.74. The van der Waals surface area contributed by atoms with Crippen molar-refractivity contribution in [2.24, 2.45) is 17.3 Å². The number of allylic oxidation sites excluding steroid dienone is 1. The number of phenolic OH excluding ortho intramolecular Hbond substituents is 2. The van der Waals surface area contributed by atoms with Gasteiger partial charge in [0, 0.05) is 30.0 Å². The highest BCUT2D eigenvalue weighted by atomic mass is 16.5. The Kier molecular flexibility index (Phi) is 7.32. The van der Waals surface area contributed by atoms with Crippen molar-refractivity contribution in [1.29, 1.82) is 0 Å². The summed E-state index contributed by atoms with van der Waals surface area (Å²) in [6.45, 7) is 8.03. The molecule has 7 rings (SSSR count). The second-order valence-corrected chi connectivity index (χ2v) is 12.9. The van der Waals surface area contributed by atoms with Crippen molar-refractivity contribution in [3.8, 4) is 17.2 Å². The quantitative estimate of drug-likeness (QED) is 0.242. The topological polar surface area (TPSA) is 106 Å². The van der Waals surface area contributed by atoms with Gasteiger partial charge in [-0.15, -0.1) is 0 Å². The molecule has 0 radical (unpaired) electrons. The number of ether oxygens (including phenoxy) is 2. The minimum atomic E-state index is -0.232. The van der Waals surface area contributed by atoms with Crippen LogP contribution in [0, 0.1) is 24.2 Å². The lowest BCUT2D eigenvalue weighted by Gasteiger charge is -2.50. The molecule has 42 heavy (non-hydrogen) atoms. The van der Waals surface area contributed by atoms with E-state index in [2.05, 4.69) is 13.0 Å². The first-order chi connectivity index (χ1) is 20.0. The Bertz CT molecular complexity index is 1630. The molecule has 3 aliphatic carbocycles. The first-order valence-corrected chi connectivity index (χ1v) is 15.1. The van der Waals surface area contributed by atoms with Crippen LogP contribution in [-0.2, 0) is 22.4 Å². The maximum atomic E-state index is 12.0. The van der Waals surface area contributed by atoms with Crippen LogP contribution in [0.1, 0.15) is 81.2 Å². The molecular weight excluding hydrogens is 532 g/mol. The number of benzene rings is 2. The van der Waals surface area contributed by atoms with Crippen molar-refractivity contribution in [3.63, 3.8) is 0 Å². The standard InChI is InChI=1S/C20H26O3.C15H14O4/c1-12(21)23-19-8-7-18-17-5-3-13-11-14(22)4-6-15(13)16(17)9-10-20(18,19)2;1-8-3-4-10-12(18-7-8)6-13-14(15(10)17)11(16)5-9(2)19-13/h4,6,11,16-19,22H,3,5,7-10H2,1-2H3;3,5-6,17H,4,7H2,1-2H3. The molecule has 2 saturated carbocycles. The number of hydrogen-bond donors (Lipinski definition) is 2. The number of aromatic hydroxyl groups is 2. The fourth-order valence-electron chi connectivity index (χ4n) is 8.21. The summed E-state index contributed by atoms with van der Waals surface area (Å²) < 4.78 is 16.8. The Morgan fingerprint density at radius 3 is 2.67 bits per heavy atom. The van der Waals surface area contributed by atoms with Gasteiger partial charge in [-0.2, -0.15) is 0 Å². The zero-order valence-electron chi connectivity index (χ0n) is 24.9. The third-order valence-electron chi connectivity index (χ3n) is 10.2. The summed E-state index contributed by atoms with van der Waals surface area (Å²) in [7, 11) is 0. The van der Waals surface area contributed by atoms with Crippen LogP contribution in [0.15, 0.2) is 51.2 Å². The second-order valence-electron chi connectivity index (χ2n) is 12.9. The SMILES string of the molecule is CC(=O)OC1CCC2C3CCc4cc(O)ccc4C3CCC12C.CC1=CCc2c(cc3oc(C)cc(=O)c3c2O)OC1. The molecular formula is C35H40O7. The van der Waals surface area contributed by atoms with Gasteiger partial charge in [0.15, 0.2) is 5.43 Å². The molecule has 5 unspecified atom stereocenters. The third kappa shape index (κ3) is 4.97. The molecule has 2 fully saturated rings. The van der Waals surface area contributed by atoms with Crippen LogP contribution < -0.4 is 10.2 Å². The van der Waals surface area contributed by atoms with Crippen molar-refractivity contribution in [2.75, 3.05) is 6.61 Å². The van der Waals surface area contributed by atoms with Gasteiger partial charge in [-0.05, 0) is 105 Å². The first-order valence-electron chi connectivity index (χ1n) is 15.1. The van der Waals surface area contributed by atoms with Crippen molar-refractivity contribution in [1.82, 2.24) is 0 Å². The van der Waals surface area contributed by atoms with Gasteiger partial charge in [0.25, 0.3) is 0 Å². The van der Waals surface area contributed by atoms with E-state index in [0.29, 0.717) is 59.2 Å². The van der Waals surface area contributed by atoms with Crippen LogP contribution in [0.3, 0.4) is 0 Å². The van der Waals surface area contributed by atoms with Gasteiger partial charge < -0.3 is 24.1 Å². The summed E-state index contributed by atoms with van der Waals surface area (Å²) in [6, 6.07) is 9.00. The number of rotatable bonds is 1. The molecule has 2 aromatic carbocycles. The van der Waals surface area contributed by atoms with Gasteiger partial charge in [-0.3, -0.25) is 9.59 Å². The molecule has 0 spiro atoms. The Morgan fingerprint density at radius 2 is 1.88 bits per heavy atom. The monoisotopic (exact) mass is 572 g/mol. The summed E-state index contributed by atoms with van der Waals surface area (Å²) in [4.78, 5) is 23.4. The van der Waals surface area contributed by atoms with Crippen molar-refractivity contribution in [3.05, 3.63) is 74.7 Å². The predicted octanol–water partition coefficient (Wildman–Crippen LogP) is 6.87. The molecule has 0 amide bonds. The fraction of sp³-hybridized carbons (Fsp3) is 0.486. The molecule has 1 aliphatic heterocycles. The lowest BCUT2D eigenvalue weighted by Crippen LogP contribution is -2.45. The molecule has 4 aliphatic rings. The largest absolute Gasteiger partial charge is 0.508 e. The normalized spacial score (nSPS) is 27.6. The summed E-state index contributed by atoms with van der Waals surface area (Å²) in [6.07, 6.45) is 9.43. The molecule has 5 atom stereocenters. The summed E-state index contributed by atoms with van der Waals surface area (Å²) in [5.74, 6) is 3.29. The molecule has 0 bridgehead atoms. The number of hydrogen-bond acceptors (Lipinski definition) is 7. The number of phenols is 2. The van der Waals surface area contributed by atoms with Gasteiger partial charge in [0.1, 0.15) is 46.7 Å². The Labute approximate surface area is 246 Å². The van der Waals surface area contributed by atoms with E-state index in [1.165, 1.54) is 43.4 Å². The van der Waals surface area contributed by atoms with E-state index in [0.717, 1.165) is 24.8 Å². The average molecular weight is 573 g/mol. The van der Waals surface area contributed by atoms with E-state index in [-0.39, 0.29) is 34.1 Å². The van der Waals surface area contributed by atoms with Crippen LogP contribution in [0.2, 0.25) is 0 Å². The lowest BCUT2D eigenvalue weighted by atomic mass is 9.55. The number of fused-ring (bicyclic) bond motifs is 7. The molecule has 2 heterocycles. The zero-order valence-corrected chi connectivity index (χ0v) is 24.9. The molecule has 222 valence electrons. The maximum Gasteiger partial charge on any atom is 0.302 e. The molecule has 1 aromatic heterocycles. The number of carbonyl (C=O) groups excluding carboxylic acids is 1. The van der Waals surface area contributed by atoms with Gasteiger partial charge in [0.05, 0.1) is 0 Å². The summed E-state index contributed by atoms with van der Waals surface area (Å²) in [5, 5.41) is 20.3. The van der Waals surface area contributed by atoms with Crippen LogP contribution in [0.25, 0.3) is 11.0 Å². The van der Waals surface area contributed by atoms with Gasteiger partial charge in [0.2, 0.25) is 0 Å².